The van der Waals surface area contributed by atoms with E-state index in [1.54, 1.807) is 0 Å². The van der Waals surface area contributed by atoms with E-state index in [2.05, 4.69) is 4.98 Å². The maximum atomic E-state index is 12.3. The number of ether oxygens (including phenoxy) is 1. The van der Waals surface area contributed by atoms with E-state index in [1.165, 1.54) is 12.1 Å². The molecule has 0 saturated carbocycles. The van der Waals surface area contributed by atoms with Crippen molar-refractivity contribution >= 4 is 33.0 Å². The molecule has 0 aliphatic carbocycles. The van der Waals surface area contributed by atoms with Gasteiger partial charge in [0.2, 0.25) is 0 Å². The second-order valence-electron chi connectivity index (χ2n) is 3.81. The second-order valence-corrected chi connectivity index (χ2v) is 6.81. The Hall–Kier alpha value is -0.360. The minimum atomic E-state index is -3.40. The first-order chi connectivity index (χ1) is 8.00. The van der Waals surface area contributed by atoms with Crippen LogP contribution in [0.4, 0.5) is 0 Å². The van der Waals surface area contributed by atoms with Gasteiger partial charge in [-0.3, -0.25) is 0 Å². The van der Waals surface area contributed by atoms with E-state index in [0.29, 0.717) is 26.1 Å². The Morgan fingerprint density at radius 3 is 2.24 bits per heavy atom. The number of hydrogen-bond donors (Lipinski definition) is 0. The Morgan fingerprint density at radius 2 is 1.71 bits per heavy atom. The molecule has 1 aromatic rings. The van der Waals surface area contributed by atoms with E-state index in [-0.39, 0.29) is 15.2 Å². The highest BCUT2D eigenvalue weighted by atomic mass is 35.5. The molecule has 0 aromatic carbocycles. The normalized spacial score (nSPS) is 18.2. The SMILES string of the molecule is O=S(=O)(c1cc(Cl)nc(Cl)c1)C1CCOCC1. The molecule has 2 rings (SSSR count). The van der Waals surface area contributed by atoms with E-state index < -0.39 is 15.1 Å². The Balaban J connectivity index is 2.36. The van der Waals surface area contributed by atoms with E-state index in [4.69, 9.17) is 27.9 Å². The molecular weight excluding hydrogens is 285 g/mol. The highest BCUT2D eigenvalue weighted by Crippen LogP contribution is 2.26. The molecule has 1 fully saturated rings. The number of pyridine rings is 1. The van der Waals surface area contributed by atoms with E-state index >= 15 is 0 Å². The van der Waals surface area contributed by atoms with E-state index in [1.807, 2.05) is 0 Å². The zero-order valence-corrected chi connectivity index (χ0v) is 11.2. The van der Waals surface area contributed by atoms with Gasteiger partial charge in [0, 0.05) is 13.2 Å². The van der Waals surface area contributed by atoms with Crippen molar-refractivity contribution < 1.29 is 13.2 Å². The predicted octanol–water partition coefficient (Wildman–Crippen LogP) is 2.34. The fraction of sp³-hybridized carbons (Fsp3) is 0.500. The Bertz CT molecular complexity index is 492. The minimum Gasteiger partial charge on any atom is -0.381 e. The van der Waals surface area contributed by atoms with Crippen molar-refractivity contribution in [2.75, 3.05) is 13.2 Å². The first kappa shape index (κ1) is 13.1. The lowest BCUT2D eigenvalue weighted by Gasteiger charge is -2.22. The average molecular weight is 296 g/mol. The molecule has 7 heteroatoms. The summed E-state index contributed by atoms with van der Waals surface area (Å²) < 4.78 is 29.7. The minimum absolute atomic E-state index is 0.0862. The average Bonchev–Trinajstić information content (AvgIpc) is 2.29. The van der Waals surface area contributed by atoms with Gasteiger partial charge in [-0.15, -0.1) is 0 Å². The van der Waals surface area contributed by atoms with Crippen molar-refractivity contribution in [1.29, 1.82) is 0 Å². The van der Waals surface area contributed by atoms with Crippen molar-refractivity contribution in [3.8, 4) is 0 Å². The van der Waals surface area contributed by atoms with E-state index in [9.17, 15) is 8.42 Å². The van der Waals surface area contributed by atoms with Crippen molar-refractivity contribution in [3.05, 3.63) is 22.4 Å². The van der Waals surface area contributed by atoms with Crippen LogP contribution in [-0.2, 0) is 14.6 Å². The first-order valence-corrected chi connectivity index (χ1v) is 7.45. The molecule has 1 aliphatic heterocycles. The smallest absolute Gasteiger partial charge is 0.181 e. The molecule has 1 aliphatic rings. The molecule has 0 unspecified atom stereocenters. The standard InChI is InChI=1S/C10H11Cl2NO3S/c11-9-5-8(6-10(12)13-9)17(14,15)7-1-3-16-4-2-7/h5-7H,1-4H2. The van der Waals surface area contributed by atoms with Crippen LogP contribution in [0.15, 0.2) is 17.0 Å². The summed E-state index contributed by atoms with van der Waals surface area (Å²) in [4.78, 5) is 3.87. The van der Waals surface area contributed by atoms with Crippen LogP contribution in [-0.4, -0.2) is 31.9 Å². The molecule has 0 bridgehead atoms. The monoisotopic (exact) mass is 295 g/mol. The van der Waals surface area contributed by atoms with Gasteiger partial charge >= 0.3 is 0 Å². The third-order valence-corrected chi connectivity index (χ3v) is 5.30. The summed E-state index contributed by atoms with van der Waals surface area (Å²) >= 11 is 11.4. The van der Waals surface area contributed by atoms with Gasteiger partial charge < -0.3 is 4.74 Å². The zero-order chi connectivity index (χ0) is 12.5. The van der Waals surface area contributed by atoms with Crippen LogP contribution in [0.5, 0.6) is 0 Å². The van der Waals surface area contributed by atoms with Crippen LogP contribution in [0.1, 0.15) is 12.8 Å². The Morgan fingerprint density at radius 1 is 1.18 bits per heavy atom. The lowest BCUT2D eigenvalue weighted by atomic mass is 10.2. The summed E-state index contributed by atoms with van der Waals surface area (Å²) in [6.45, 7) is 0.937. The maximum absolute atomic E-state index is 12.3. The maximum Gasteiger partial charge on any atom is 0.181 e. The van der Waals surface area contributed by atoms with Crippen molar-refractivity contribution in [1.82, 2.24) is 4.98 Å². The number of rotatable bonds is 2. The Labute approximate surface area is 110 Å². The summed E-state index contributed by atoms with van der Waals surface area (Å²) in [6, 6.07) is 2.66. The molecule has 1 aromatic heterocycles. The molecule has 0 spiro atoms. The summed E-state index contributed by atoms with van der Waals surface area (Å²) in [5.41, 5.74) is 0. The van der Waals surface area contributed by atoms with Gasteiger partial charge in [-0.25, -0.2) is 13.4 Å². The highest BCUT2D eigenvalue weighted by Gasteiger charge is 2.29. The summed E-state index contributed by atoms with van der Waals surface area (Å²) in [5, 5.41) is -0.253. The van der Waals surface area contributed by atoms with E-state index in [0.717, 1.165) is 0 Å². The number of aromatic nitrogens is 1. The molecule has 0 amide bonds. The number of sulfone groups is 1. The largest absolute Gasteiger partial charge is 0.381 e. The molecule has 94 valence electrons. The van der Waals surface area contributed by atoms with Crippen LogP contribution in [0.25, 0.3) is 0 Å². The third kappa shape index (κ3) is 2.91. The van der Waals surface area contributed by atoms with Crippen LogP contribution in [0.2, 0.25) is 10.3 Å². The van der Waals surface area contributed by atoms with Crippen molar-refractivity contribution in [2.45, 2.75) is 23.0 Å². The fourth-order valence-corrected chi connectivity index (χ4v) is 4.13. The van der Waals surface area contributed by atoms with Gasteiger partial charge in [0.25, 0.3) is 0 Å². The molecule has 2 heterocycles. The summed E-state index contributed by atoms with van der Waals surface area (Å²) in [6.07, 6.45) is 1.000. The summed E-state index contributed by atoms with van der Waals surface area (Å²) in [5.74, 6) is 0. The topological polar surface area (TPSA) is 56.3 Å². The lowest BCUT2D eigenvalue weighted by molar-refractivity contribution is 0.0983. The first-order valence-electron chi connectivity index (χ1n) is 5.15. The Kier molecular flexibility index (Phi) is 3.92. The van der Waals surface area contributed by atoms with Gasteiger partial charge in [-0.2, -0.15) is 0 Å². The molecule has 0 N–H and O–H groups in total. The number of hydrogen-bond acceptors (Lipinski definition) is 4. The van der Waals surface area contributed by atoms with Crippen LogP contribution in [0, 0.1) is 0 Å². The quantitative estimate of drug-likeness (QED) is 0.786. The predicted molar refractivity (Wildman–Crippen MR) is 65.3 cm³/mol. The molecule has 0 radical (unpaired) electrons. The van der Waals surface area contributed by atoms with Gasteiger partial charge in [0.15, 0.2) is 9.84 Å². The summed E-state index contributed by atoms with van der Waals surface area (Å²) in [7, 11) is -3.40. The second kappa shape index (κ2) is 5.10. The highest BCUT2D eigenvalue weighted by molar-refractivity contribution is 7.92. The molecule has 4 nitrogen and oxygen atoms in total. The van der Waals surface area contributed by atoms with Gasteiger partial charge in [0.05, 0.1) is 10.1 Å². The fourth-order valence-electron chi connectivity index (χ4n) is 1.79. The third-order valence-electron chi connectivity index (χ3n) is 2.67. The van der Waals surface area contributed by atoms with Crippen molar-refractivity contribution in [3.63, 3.8) is 0 Å². The van der Waals surface area contributed by atoms with Crippen LogP contribution in [0.3, 0.4) is 0 Å². The number of nitrogens with zero attached hydrogens (tertiary/aromatic N) is 1. The van der Waals surface area contributed by atoms with Gasteiger partial charge in [-0.05, 0) is 25.0 Å². The molecular formula is C10H11Cl2NO3S. The molecule has 17 heavy (non-hydrogen) atoms. The molecule has 0 atom stereocenters. The van der Waals surface area contributed by atoms with Crippen LogP contribution >= 0.6 is 23.2 Å². The van der Waals surface area contributed by atoms with Crippen LogP contribution < -0.4 is 0 Å². The van der Waals surface area contributed by atoms with Gasteiger partial charge in [0.1, 0.15) is 10.3 Å². The van der Waals surface area contributed by atoms with Crippen molar-refractivity contribution in [2.24, 2.45) is 0 Å². The zero-order valence-electron chi connectivity index (χ0n) is 8.90. The van der Waals surface area contributed by atoms with Gasteiger partial charge in [-0.1, -0.05) is 23.2 Å². The lowest BCUT2D eigenvalue weighted by Crippen LogP contribution is -2.29. The number of halogens is 2. The molecule has 1 saturated heterocycles.